The van der Waals surface area contributed by atoms with Gasteiger partial charge in [0.25, 0.3) is 0 Å². The van der Waals surface area contributed by atoms with Gasteiger partial charge in [0, 0.05) is 35.7 Å². The van der Waals surface area contributed by atoms with Gasteiger partial charge in [-0.2, -0.15) is 13.9 Å². The number of alkyl halides is 5. The summed E-state index contributed by atoms with van der Waals surface area (Å²) >= 11 is 4.60. The van der Waals surface area contributed by atoms with Crippen molar-refractivity contribution in [3.63, 3.8) is 0 Å². The number of nitrogens with zero attached hydrogens (tertiary/aromatic N) is 2. The lowest BCUT2D eigenvalue weighted by atomic mass is 10.3. The number of nitrogens with one attached hydrogen (secondary N) is 1. The molecule has 1 fully saturated rings. The monoisotopic (exact) mass is 599 g/mol. The number of hydrogen-bond donors (Lipinski definition) is 1. The first kappa shape index (κ1) is 18.4. The van der Waals surface area contributed by atoms with E-state index in [9.17, 15) is 13.6 Å². The Bertz CT molecular complexity index is 629. The zero-order valence-electron chi connectivity index (χ0n) is 11.6. The average molecular weight is 600 g/mol. The van der Waals surface area contributed by atoms with Gasteiger partial charge in [0.2, 0.25) is 5.91 Å². The van der Waals surface area contributed by atoms with E-state index < -0.39 is 3.93 Å². The van der Waals surface area contributed by atoms with E-state index in [4.69, 9.17) is 0 Å². The summed E-state index contributed by atoms with van der Waals surface area (Å²) in [6.45, 7) is 0. The number of allylic oxidation sites excluding steroid dienone is 1. The smallest absolute Gasteiger partial charge is 0.306 e. The number of rotatable bonds is 6. The second kappa shape index (κ2) is 6.91. The minimum absolute atomic E-state index is 0.104. The first-order chi connectivity index (χ1) is 10.2. The van der Waals surface area contributed by atoms with E-state index in [2.05, 4.69) is 30.9 Å². The van der Waals surface area contributed by atoms with Crippen molar-refractivity contribution in [3.8, 4) is 0 Å². The normalized spacial score (nSPS) is 24.7. The van der Waals surface area contributed by atoms with Crippen LogP contribution in [0, 0.1) is 5.92 Å². The Hall–Kier alpha value is 0.0900. The molecule has 1 amide bonds. The third-order valence-corrected chi connectivity index (χ3v) is 8.82. The molecule has 1 aliphatic carbocycles. The molecule has 1 aliphatic rings. The summed E-state index contributed by atoms with van der Waals surface area (Å²) in [6.07, 6.45) is 5.14. The topological polar surface area (TPSA) is 46.9 Å². The van der Waals surface area contributed by atoms with Crippen molar-refractivity contribution in [1.29, 1.82) is 0 Å². The van der Waals surface area contributed by atoms with Crippen LogP contribution in [0.5, 0.6) is 0 Å². The molecular weight excluding hydrogens is 586 g/mol. The molecule has 0 aliphatic heterocycles. The maximum Gasteiger partial charge on any atom is 0.337 e. The number of hydrogen-bond acceptors (Lipinski definition) is 2. The van der Waals surface area contributed by atoms with Crippen LogP contribution in [0.25, 0.3) is 0 Å². The second-order valence-corrected chi connectivity index (χ2v) is 11.9. The van der Waals surface area contributed by atoms with Gasteiger partial charge in [-0.1, -0.05) is 26.5 Å². The number of carbonyl (C=O) groups excluding carboxylic acids is 1. The van der Waals surface area contributed by atoms with Crippen LogP contribution in [0.15, 0.2) is 18.2 Å². The number of carbonyl (C=O) groups is 1. The molecule has 122 valence electrons. The van der Waals surface area contributed by atoms with Crippen LogP contribution < -0.4 is 5.32 Å². The summed E-state index contributed by atoms with van der Waals surface area (Å²) in [5.41, 5.74) is -0.256. The van der Waals surface area contributed by atoms with Gasteiger partial charge in [-0.3, -0.25) is 9.48 Å². The largest absolute Gasteiger partial charge is 0.337 e. The van der Waals surface area contributed by atoms with Gasteiger partial charge in [-0.25, -0.2) is 0 Å². The number of halogens is 5. The van der Waals surface area contributed by atoms with Crippen molar-refractivity contribution in [1.82, 2.24) is 9.78 Å². The average Bonchev–Trinajstić information content (AvgIpc) is 2.89. The van der Waals surface area contributed by atoms with Crippen LogP contribution in [0.2, 0.25) is 0 Å². The fourth-order valence-corrected chi connectivity index (χ4v) is 4.79. The number of aromatic nitrogens is 2. The molecule has 0 saturated heterocycles. The summed E-state index contributed by atoms with van der Waals surface area (Å²) in [6, 6.07) is 1.18. The summed E-state index contributed by atoms with van der Waals surface area (Å²) in [5, 5.41) is 6.36. The quantitative estimate of drug-likeness (QED) is 0.301. The molecule has 2 unspecified atom stereocenters. The van der Waals surface area contributed by atoms with Crippen LogP contribution in [-0.2, 0) is 15.8 Å². The van der Waals surface area contributed by atoms with Crippen molar-refractivity contribution >= 4 is 75.5 Å². The van der Waals surface area contributed by atoms with E-state index in [1.54, 1.807) is 6.08 Å². The van der Waals surface area contributed by atoms with E-state index in [1.165, 1.54) is 19.2 Å². The van der Waals surface area contributed by atoms with Crippen LogP contribution in [-0.4, -0.2) is 22.5 Å². The number of aryl methyl sites for hydroxylation is 1. The maximum atomic E-state index is 13.3. The van der Waals surface area contributed by atoms with E-state index in [0.717, 1.165) is 40.1 Å². The molecule has 1 aromatic rings. The number of anilines is 1. The van der Waals surface area contributed by atoms with E-state index >= 15 is 0 Å². The summed E-state index contributed by atoms with van der Waals surface area (Å²) < 4.78 is 28.8. The molecule has 1 aromatic heterocycles. The Morgan fingerprint density at radius 1 is 1.82 bits per heavy atom. The van der Waals surface area contributed by atoms with Gasteiger partial charge in [0.15, 0.2) is 5.82 Å². The second-order valence-electron chi connectivity index (χ2n) is 4.96. The molecule has 0 aromatic carbocycles. The molecule has 2 rings (SSSR count). The minimum Gasteiger partial charge on any atom is -0.306 e. The Balaban J connectivity index is 1.89. The highest BCUT2D eigenvalue weighted by Gasteiger charge is 2.49. The van der Waals surface area contributed by atoms with Gasteiger partial charge in [0.05, 0.1) is 2.33 Å². The standard InChI is InChI=1S/C13H14BrF2I2N3O/c1-18-12(14)7-8(12)4-3-5-11(22)19-10-6-9(13(15,16)17)21(2)20-10/h3,5-6,8H,1,4,7H2,2H3,(H,19,20,22)/b5-3+. The SMILES string of the molecule is C=IC1(Br)CC1C/C=C/C(=O)Nc1cc(C(F)(F)I)n(C)n1. The predicted octanol–water partition coefficient (Wildman–Crippen LogP) is 4.30. The summed E-state index contributed by atoms with van der Waals surface area (Å²) in [7, 11) is 1.41. The fraction of sp³-hybridized carbons (Fsp3) is 0.462. The Morgan fingerprint density at radius 3 is 3.00 bits per heavy atom. The van der Waals surface area contributed by atoms with Crippen molar-refractivity contribution in [2.45, 2.75) is 19.1 Å². The zero-order valence-corrected chi connectivity index (χ0v) is 17.5. The zero-order chi connectivity index (χ0) is 16.5. The van der Waals surface area contributed by atoms with Crippen molar-refractivity contribution in [3.05, 3.63) is 23.9 Å². The molecule has 4 nitrogen and oxygen atoms in total. The van der Waals surface area contributed by atoms with Crippen molar-refractivity contribution in [2.24, 2.45) is 13.0 Å². The predicted molar refractivity (Wildman–Crippen MR) is 104 cm³/mol. The lowest BCUT2D eigenvalue weighted by Crippen LogP contribution is -2.09. The third-order valence-electron chi connectivity index (χ3n) is 3.29. The van der Waals surface area contributed by atoms with Crippen LogP contribution in [0.4, 0.5) is 14.6 Å². The minimum atomic E-state index is -3.03. The molecule has 1 saturated carbocycles. The van der Waals surface area contributed by atoms with Crippen LogP contribution >= 0.6 is 59.3 Å². The van der Waals surface area contributed by atoms with Crippen molar-refractivity contribution < 1.29 is 13.6 Å². The Morgan fingerprint density at radius 2 is 2.50 bits per heavy atom. The molecule has 1 N–H and O–H groups in total. The highest BCUT2D eigenvalue weighted by atomic mass is 127. The first-order valence-corrected chi connectivity index (χ1v) is 10.8. The molecule has 0 bridgehead atoms. The first-order valence-electron chi connectivity index (χ1n) is 6.33. The molecular formula is C13H14BrF2I2N3O. The molecule has 9 heteroatoms. The van der Waals surface area contributed by atoms with E-state index in [1.807, 2.05) is 0 Å². The van der Waals surface area contributed by atoms with Gasteiger partial charge in [-0.05, 0) is 24.8 Å². The Labute approximate surface area is 159 Å². The van der Waals surface area contributed by atoms with Gasteiger partial charge >= 0.3 is 3.93 Å². The highest BCUT2D eigenvalue weighted by Crippen LogP contribution is 2.60. The van der Waals surface area contributed by atoms with Gasteiger partial charge in [-0.15, -0.1) is 20.7 Å². The summed E-state index contributed by atoms with van der Waals surface area (Å²) in [4.78, 5) is 11.8. The molecule has 22 heavy (non-hydrogen) atoms. The van der Waals surface area contributed by atoms with Gasteiger partial charge in [0.1, 0.15) is 5.69 Å². The van der Waals surface area contributed by atoms with Crippen molar-refractivity contribution in [2.75, 3.05) is 5.32 Å². The fourth-order valence-electron chi connectivity index (χ4n) is 1.99. The van der Waals surface area contributed by atoms with E-state index in [0.29, 0.717) is 5.92 Å². The molecule has 1 heterocycles. The van der Waals surface area contributed by atoms with E-state index in [-0.39, 0.29) is 40.5 Å². The molecule has 0 radical (unpaired) electrons. The lowest BCUT2D eigenvalue weighted by Gasteiger charge is -2.06. The molecule has 0 spiro atoms. The maximum absolute atomic E-state index is 13.3. The summed E-state index contributed by atoms with van der Waals surface area (Å²) in [5.74, 6) is 0.293. The lowest BCUT2D eigenvalue weighted by molar-refractivity contribution is -0.111. The van der Waals surface area contributed by atoms with Crippen LogP contribution in [0.3, 0.4) is 0 Å². The third kappa shape index (κ3) is 4.56. The highest BCUT2D eigenvalue weighted by molar-refractivity contribution is 14.2. The van der Waals surface area contributed by atoms with Crippen LogP contribution in [0.1, 0.15) is 18.5 Å². The Kier molecular flexibility index (Phi) is 5.79. The molecule has 2 atom stereocenters. The number of amides is 1. The van der Waals surface area contributed by atoms with Gasteiger partial charge < -0.3 is 5.32 Å².